The van der Waals surface area contributed by atoms with Crippen molar-refractivity contribution in [3.8, 4) is 5.75 Å². The molecule has 0 bridgehead atoms. The average molecular weight is 407 g/mol. The number of hydrogen-bond acceptors (Lipinski definition) is 7. The van der Waals surface area contributed by atoms with Crippen molar-refractivity contribution in [2.45, 2.75) is 38.2 Å². The number of rotatable bonds is 8. The minimum atomic E-state index is -1.52. The minimum absolute atomic E-state index is 0. The fourth-order valence-electron chi connectivity index (χ4n) is 3.26. The van der Waals surface area contributed by atoms with Crippen molar-refractivity contribution in [1.29, 1.82) is 0 Å². The molecule has 0 aliphatic heterocycles. The van der Waals surface area contributed by atoms with Crippen LogP contribution in [0.25, 0.3) is 0 Å². The summed E-state index contributed by atoms with van der Waals surface area (Å²) in [5.74, 6) is -2.87. The molecule has 2 rings (SSSR count). The van der Waals surface area contributed by atoms with Gasteiger partial charge in [-0.2, -0.15) is 0 Å². The maximum Gasteiger partial charge on any atom is 1.00 e. The summed E-state index contributed by atoms with van der Waals surface area (Å²) in [6, 6.07) is 6.69. The van der Waals surface area contributed by atoms with E-state index in [2.05, 4.69) is 0 Å². The number of carbonyl (C=O) groups excluding carboxylic acids is 2. The molecule has 1 aliphatic rings. The van der Waals surface area contributed by atoms with Gasteiger partial charge in [-0.25, -0.2) is 0 Å². The Bertz CT molecular complexity index is 670. The molecule has 1 saturated carbocycles. The minimum Gasteiger partial charge on any atom is -0.545 e. The van der Waals surface area contributed by atoms with E-state index in [1.54, 1.807) is 24.3 Å². The summed E-state index contributed by atoms with van der Waals surface area (Å²) < 4.78 is 5.36. The fourth-order valence-corrected chi connectivity index (χ4v) is 3.26. The fraction of sp³-hybridized carbons (Fsp3) is 0.474. The summed E-state index contributed by atoms with van der Waals surface area (Å²) >= 11 is 0. The molecule has 0 atom stereocenters. The summed E-state index contributed by atoms with van der Waals surface area (Å²) in [6.07, 6.45) is 1.15. The van der Waals surface area contributed by atoms with Gasteiger partial charge in [0.25, 0.3) is 0 Å². The van der Waals surface area contributed by atoms with E-state index in [-0.39, 0.29) is 76.7 Å². The van der Waals surface area contributed by atoms with E-state index in [4.69, 9.17) is 10.5 Å². The van der Waals surface area contributed by atoms with Crippen molar-refractivity contribution in [2.75, 3.05) is 13.2 Å². The van der Waals surface area contributed by atoms with E-state index in [1.165, 1.54) is 0 Å². The molecule has 1 aliphatic carbocycles. The average Bonchev–Trinajstić information content (AvgIpc) is 2.61. The van der Waals surface area contributed by atoms with Gasteiger partial charge >= 0.3 is 59.1 Å². The van der Waals surface area contributed by atoms with E-state index in [1.807, 2.05) is 0 Å². The van der Waals surface area contributed by atoms with Gasteiger partial charge in [-0.3, -0.25) is 0 Å². The van der Waals surface area contributed by atoms with E-state index in [9.17, 15) is 24.9 Å². The molecule has 7 nitrogen and oxygen atoms in total. The Morgan fingerprint density at radius 2 is 1.61 bits per heavy atom. The van der Waals surface area contributed by atoms with Gasteiger partial charge in [0.2, 0.25) is 0 Å². The molecule has 0 unspecified atom stereocenters. The Labute approximate surface area is 208 Å². The van der Waals surface area contributed by atoms with Crippen LogP contribution in [0.5, 0.6) is 5.75 Å². The van der Waals surface area contributed by atoms with Gasteiger partial charge in [0.05, 0.1) is 18.0 Å². The van der Waals surface area contributed by atoms with Crippen molar-refractivity contribution < 1.29 is 88.8 Å². The Balaban J connectivity index is 0.00000364. The molecule has 9 heteroatoms. The second-order valence-electron chi connectivity index (χ2n) is 6.43. The second-order valence-corrected chi connectivity index (χ2v) is 6.43. The van der Waals surface area contributed by atoms with Crippen LogP contribution in [0.3, 0.4) is 0 Å². The zero-order chi connectivity index (χ0) is 19.1. The molecule has 1 aromatic carbocycles. The predicted molar refractivity (Wildman–Crippen MR) is 89.7 cm³/mol. The predicted octanol–water partition coefficient (Wildman–Crippen LogP) is -7.08. The number of carboxylic acid groups (broad SMARTS) is 2. The van der Waals surface area contributed by atoms with Crippen molar-refractivity contribution in [2.24, 2.45) is 11.7 Å². The zero-order valence-corrected chi connectivity index (χ0v) is 20.5. The summed E-state index contributed by atoms with van der Waals surface area (Å²) in [4.78, 5) is 23.3. The molecular weight excluding hydrogens is 384 g/mol. The molecule has 0 amide bonds. The topological polar surface area (TPSA) is 136 Å². The first-order chi connectivity index (χ1) is 12.4. The molecule has 0 spiro atoms. The second kappa shape index (κ2) is 13.8. The van der Waals surface area contributed by atoms with Gasteiger partial charge in [0.1, 0.15) is 12.4 Å². The van der Waals surface area contributed by atoms with E-state index in [0.717, 1.165) is 0 Å². The van der Waals surface area contributed by atoms with Crippen LogP contribution >= 0.6 is 0 Å². The van der Waals surface area contributed by atoms with Crippen LogP contribution in [0.2, 0.25) is 0 Å². The number of hydrogen-bond donors (Lipinski definition) is 2. The molecule has 0 aromatic heterocycles. The molecule has 142 valence electrons. The SMILES string of the molecule is NCCOc1ccc(CC(C(=O)[O-])=C(C(=O)[O-])[C@H]2CC[C@@H](O)CC2)cc1.[Na+].[Na+]. The first-order valence-electron chi connectivity index (χ1n) is 8.68. The number of carbonyl (C=O) groups is 2. The van der Waals surface area contributed by atoms with Gasteiger partial charge in [-0.05, 0) is 66.9 Å². The number of nitrogens with two attached hydrogens (primary N) is 1. The summed E-state index contributed by atoms with van der Waals surface area (Å²) in [7, 11) is 0. The maximum absolute atomic E-state index is 11.6. The number of ether oxygens (including phenoxy) is 1. The summed E-state index contributed by atoms with van der Waals surface area (Å²) in [5.41, 5.74) is 5.49. The smallest absolute Gasteiger partial charge is 0.545 e. The van der Waals surface area contributed by atoms with Crippen LogP contribution in [-0.4, -0.2) is 36.3 Å². The molecular formula is C19H23NNa2O6. The normalized spacial score (nSPS) is 19.5. The Hall–Kier alpha value is -0.380. The Morgan fingerprint density at radius 1 is 1.04 bits per heavy atom. The van der Waals surface area contributed by atoms with Crippen LogP contribution < -0.4 is 79.8 Å². The molecule has 3 N–H and O–H groups in total. The van der Waals surface area contributed by atoms with Crippen molar-refractivity contribution >= 4 is 11.9 Å². The Kier molecular flexibility index (Phi) is 13.6. The molecule has 0 saturated heterocycles. The molecule has 0 heterocycles. The quantitative estimate of drug-likeness (QED) is 0.323. The van der Waals surface area contributed by atoms with Crippen molar-refractivity contribution in [3.05, 3.63) is 41.0 Å². The van der Waals surface area contributed by atoms with E-state index in [0.29, 0.717) is 50.1 Å². The standard InChI is InChI=1S/C19H25NO6.2Na/c20-9-10-26-15-7-1-12(2-8-15)11-16(18(22)23)17(19(24)25)13-3-5-14(21)6-4-13;;/h1-2,7-8,13-14,21H,3-6,9-11,20H2,(H,22,23)(H,24,25);;/q;2*+1/p-2/t13-,14+;;. The number of aliphatic hydroxyl groups excluding tert-OH is 1. The maximum atomic E-state index is 11.6. The van der Waals surface area contributed by atoms with Gasteiger partial charge in [0, 0.05) is 6.54 Å². The van der Waals surface area contributed by atoms with Crippen LogP contribution in [0.1, 0.15) is 31.2 Å². The van der Waals surface area contributed by atoms with E-state index < -0.39 is 24.0 Å². The zero-order valence-electron chi connectivity index (χ0n) is 16.5. The van der Waals surface area contributed by atoms with Crippen molar-refractivity contribution in [1.82, 2.24) is 0 Å². The number of aliphatic carboxylic acids is 2. The Morgan fingerprint density at radius 3 is 2.07 bits per heavy atom. The van der Waals surface area contributed by atoms with Gasteiger partial charge in [-0.1, -0.05) is 12.1 Å². The summed E-state index contributed by atoms with van der Waals surface area (Å²) in [5, 5.41) is 32.8. The largest absolute Gasteiger partial charge is 1.00 e. The van der Waals surface area contributed by atoms with Gasteiger partial charge in [0.15, 0.2) is 0 Å². The number of benzene rings is 1. The van der Waals surface area contributed by atoms with Crippen molar-refractivity contribution in [3.63, 3.8) is 0 Å². The van der Waals surface area contributed by atoms with Gasteiger partial charge in [-0.15, -0.1) is 0 Å². The molecule has 1 fully saturated rings. The first-order valence-corrected chi connectivity index (χ1v) is 8.68. The molecule has 28 heavy (non-hydrogen) atoms. The van der Waals surface area contributed by atoms with Crippen LogP contribution in [-0.2, 0) is 16.0 Å². The third-order valence-corrected chi connectivity index (χ3v) is 4.59. The third kappa shape index (κ3) is 8.16. The number of aliphatic hydroxyl groups is 1. The van der Waals surface area contributed by atoms with Crippen LogP contribution in [0.15, 0.2) is 35.4 Å². The monoisotopic (exact) mass is 407 g/mol. The van der Waals surface area contributed by atoms with Crippen LogP contribution in [0.4, 0.5) is 0 Å². The number of carboxylic acids is 2. The van der Waals surface area contributed by atoms with Gasteiger partial charge < -0.3 is 35.4 Å². The first kappa shape index (κ1) is 27.6. The third-order valence-electron chi connectivity index (χ3n) is 4.59. The molecule has 0 radical (unpaired) electrons. The molecule has 1 aromatic rings. The van der Waals surface area contributed by atoms with Crippen LogP contribution in [0, 0.1) is 5.92 Å². The summed E-state index contributed by atoms with van der Waals surface area (Å²) in [6.45, 7) is 0.746. The van der Waals surface area contributed by atoms with E-state index >= 15 is 0 Å².